The fourth-order valence-corrected chi connectivity index (χ4v) is 1.44. The molecule has 1 heterocycles. The Morgan fingerprint density at radius 3 is 2.86 bits per heavy atom. The zero-order valence-corrected chi connectivity index (χ0v) is 10.4. The van der Waals surface area contributed by atoms with E-state index in [0.29, 0.717) is 0 Å². The second-order valence-corrected chi connectivity index (χ2v) is 4.31. The lowest BCUT2D eigenvalue weighted by Gasteiger charge is -2.06. The van der Waals surface area contributed by atoms with Crippen LogP contribution in [0.2, 0.25) is 0 Å². The highest BCUT2D eigenvalue weighted by molar-refractivity contribution is 9.10. The molecule has 0 saturated heterocycles. The van der Waals surface area contributed by atoms with Gasteiger partial charge in [-0.3, -0.25) is 0 Å². The molecule has 14 heavy (non-hydrogen) atoms. The normalized spacial score (nSPS) is 10.2. The predicted octanol–water partition coefficient (Wildman–Crippen LogP) is 3.75. The summed E-state index contributed by atoms with van der Waals surface area (Å²) in [5.41, 5.74) is 1.22. The fraction of sp³-hybridized carbons (Fsp3) is 0.545. The second kappa shape index (κ2) is 6.02. The van der Waals surface area contributed by atoms with Crippen molar-refractivity contribution in [2.24, 2.45) is 0 Å². The van der Waals surface area contributed by atoms with Crippen LogP contribution in [0.15, 0.2) is 16.7 Å². The summed E-state index contributed by atoms with van der Waals surface area (Å²) in [6, 6.07) is 2.07. The van der Waals surface area contributed by atoms with E-state index in [9.17, 15) is 0 Å². The minimum atomic E-state index is 0.974. The molecule has 0 saturated carbocycles. The second-order valence-electron chi connectivity index (χ2n) is 3.45. The van der Waals surface area contributed by atoms with Crippen molar-refractivity contribution in [1.29, 1.82) is 0 Å². The first-order valence-corrected chi connectivity index (χ1v) is 5.89. The van der Waals surface area contributed by atoms with Crippen molar-refractivity contribution in [1.82, 2.24) is 4.98 Å². The largest absolute Gasteiger partial charge is 0.370 e. The summed E-state index contributed by atoms with van der Waals surface area (Å²) in [5.74, 6) is 0.974. The third-order valence-corrected chi connectivity index (χ3v) is 2.96. The SMILES string of the molecule is CCCCCNc1cc(C)c(Br)cn1. The van der Waals surface area contributed by atoms with Gasteiger partial charge in [-0.1, -0.05) is 19.8 Å². The lowest BCUT2D eigenvalue weighted by molar-refractivity contribution is 0.742. The molecular weight excluding hydrogens is 240 g/mol. The van der Waals surface area contributed by atoms with E-state index >= 15 is 0 Å². The van der Waals surface area contributed by atoms with Gasteiger partial charge in [0.25, 0.3) is 0 Å². The summed E-state index contributed by atoms with van der Waals surface area (Å²) >= 11 is 3.43. The van der Waals surface area contributed by atoms with Crippen molar-refractivity contribution >= 4 is 21.7 Å². The van der Waals surface area contributed by atoms with Crippen LogP contribution in [0.1, 0.15) is 31.7 Å². The first-order chi connectivity index (χ1) is 6.74. The molecule has 0 aromatic carbocycles. The molecule has 1 N–H and O–H groups in total. The molecule has 2 nitrogen and oxygen atoms in total. The van der Waals surface area contributed by atoms with E-state index in [2.05, 4.69) is 46.1 Å². The Morgan fingerprint density at radius 2 is 2.21 bits per heavy atom. The van der Waals surface area contributed by atoms with Crippen molar-refractivity contribution in [3.05, 3.63) is 22.3 Å². The minimum Gasteiger partial charge on any atom is -0.370 e. The Hall–Kier alpha value is -0.570. The maximum absolute atomic E-state index is 4.28. The molecule has 0 bridgehead atoms. The number of hydrogen-bond acceptors (Lipinski definition) is 2. The quantitative estimate of drug-likeness (QED) is 0.812. The summed E-state index contributed by atoms with van der Waals surface area (Å²) in [7, 11) is 0. The van der Waals surface area contributed by atoms with Crippen LogP contribution in [-0.2, 0) is 0 Å². The Balaban J connectivity index is 2.39. The van der Waals surface area contributed by atoms with Gasteiger partial charge in [-0.05, 0) is 40.9 Å². The van der Waals surface area contributed by atoms with Crippen LogP contribution in [0.4, 0.5) is 5.82 Å². The van der Waals surface area contributed by atoms with Gasteiger partial charge in [0.15, 0.2) is 0 Å². The zero-order chi connectivity index (χ0) is 10.4. The molecule has 1 aromatic rings. The average Bonchev–Trinajstić information content (AvgIpc) is 2.18. The van der Waals surface area contributed by atoms with E-state index in [1.807, 2.05) is 6.20 Å². The van der Waals surface area contributed by atoms with Crippen LogP contribution in [0.3, 0.4) is 0 Å². The number of anilines is 1. The predicted molar refractivity (Wildman–Crippen MR) is 64.7 cm³/mol. The van der Waals surface area contributed by atoms with Gasteiger partial charge in [0, 0.05) is 17.2 Å². The number of nitrogens with zero attached hydrogens (tertiary/aromatic N) is 1. The van der Waals surface area contributed by atoms with Crippen LogP contribution >= 0.6 is 15.9 Å². The van der Waals surface area contributed by atoms with E-state index in [4.69, 9.17) is 0 Å². The molecule has 0 unspecified atom stereocenters. The van der Waals surface area contributed by atoms with Gasteiger partial charge in [0.05, 0.1) is 0 Å². The lowest BCUT2D eigenvalue weighted by atomic mass is 10.2. The van der Waals surface area contributed by atoms with E-state index in [1.54, 1.807) is 0 Å². The zero-order valence-electron chi connectivity index (χ0n) is 8.81. The smallest absolute Gasteiger partial charge is 0.126 e. The van der Waals surface area contributed by atoms with E-state index < -0.39 is 0 Å². The van der Waals surface area contributed by atoms with Gasteiger partial charge < -0.3 is 5.32 Å². The van der Waals surface area contributed by atoms with Crippen LogP contribution in [0.5, 0.6) is 0 Å². The first-order valence-electron chi connectivity index (χ1n) is 5.10. The molecule has 0 spiro atoms. The number of aryl methyl sites for hydroxylation is 1. The molecule has 0 fully saturated rings. The number of unbranched alkanes of at least 4 members (excludes halogenated alkanes) is 2. The van der Waals surface area contributed by atoms with Crippen LogP contribution in [-0.4, -0.2) is 11.5 Å². The standard InChI is InChI=1S/C11H17BrN2/c1-3-4-5-6-13-11-7-9(2)10(12)8-14-11/h7-8H,3-6H2,1-2H3,(H,13,14). The highest BCUT2D eigenvalue weighted by atomic mass is 79.9. The lowest BCUT2D eigenvalue weighted by Crippen LogP contribution is -2.03. The molecule has 1 rings (SSSR count). The van der Waals surface area contributed by atoms with E-state index in [1.165, 1.54) is 24.8 Å². The van der Waals surface area contributed by atoms with Crippen LogP contribution in [0.25, 0.3) is 0 Å². The fourth-order valence-electron chi connectivity index (χ4n) is 1.23. The summed E-state index contributed by atoms with van der Waals surface area (Å²) in [5, 5.41) is 3.32. The van der Waals surface area contributed by atoms with Crippen molar-refractivity contribution < 1.29 is 0 Å². The van der Waals surface area contributed by atoms with Crippen molar-refractivity contribution in [2.45, 2.75) is 33.1 Å². The highest BCUT2D eigenvalue weighted by Crippen LogP contribution is 2.17. The highest BCUT2D eigenvalue weighted by Gasteiger charge is 1.97. The molecular formula is C11H17BrN2. The third-order valence-electron chi connectivity index (χ3n) is 2.13. The van der Waals surface area contributed by atoms with Gasteiger partial charge in [0.1, 0.15) is 5.82 Å². The molecule has 0 atom stereocenters. The molecule has 0 amide bonds. The van der Waals surface area contributed by atoms with Crippen LogP contribution < -0.4 is 5.32 Å². The maximum atomic E-state index is 4.28. The van der Waals surface area contributed by atoms with Gasteiger partial charge in [0.2, 0.25) is 0 Å². The molecule has 1 aromatic heterocycles. The van der Waals surface area contributed by atoms with Crippen molar-refractivity contribution in [3.8, 4) is 0 Å². The number of halogens is 1. The Kier molecular flexibility index (Phi) is 4.94. The summed E-state index contributed by atoms with van der Waals surface area (Å²) in [6.07, 6.45) is 5.60. The summed E-state index contributed by atoms with van der Waals surface area (Å²) < 4.78 is 1.07. The van der Waals surface area contributed by atoms with Gasteiger partial charge >= 0.3 is 0 Å². The third kappa shape index (κ3) is 3.66. The number of rotatable bonds is 5. The number of aromatic nitrogens is 1. The van der Waals surface area contributed by atoms with Gasteiger partial charge in [-0.15, -0.1) is 0 Å². The van der Waals surface area contributed by atoms with E-state index in [0.717, 1.165) is 16.8 Å². The molecule has 0 radical (unpaired) electrons. The monoisotopic (exact) mass is 256 g/mol. The molecule has 0 aliphatic heterocycles. The summed E-state index contributed by atoms with van der Waals surface area (Å²) in [6.45, 7) is 5.30. The van der Waals surface area contributed by atoms with Crippen molar-refractivity contribution in [2.75, 3.05) is 11.9 Å². The Morgan fingerprint density at radius 1 is 1.43 bits per heavy atom. The number of pyridine rings is 1. The van der Waals surface area contributed by atoms with Crippen molar-refractivity contribution in [3.63, 3.8) is 0 Å². The van der Waals surface area contributed by atoms with E-state index in [-0.39, 0.29) is 0 Å². The molecule has 0 aliphatic rings. The van der Waals surface area contributed by atoms with Gasteiger partial charge in [-0.25, -0.2) is 4.98 Å². The minimum absolute atomic E-state index is 0.974. The summed E-state index contributed by atoms with van der Waals surface area (Å²) in [4.78, 5) is 4.28. The van der Waals surface area contributed by atoms with Gasteiger partial charge in [-0.2, -0.15) is 0 Å². The van der Waals surface area contributed by atoms with Crippen LogP contribution in [0, 0.1) is 6.92 Å². The number of hydrogen-bond donors (Lipinski definition) is 1. The first kappa shape index (κ1) is 11.5. The Bertz CT molecular complexity index is 287. The molecule has 78 valence electrons. The molecule has 0 aliphatic carbocycles. The molecule has 3 heteroatoms. The maximum Gasteiger partial charge on any atom is 0.126 e. The Labute approximate surface area is 94.3 Å². The average molecular weight is 257 g/mol. The topological polar surface area (TPSA) is 24.9 Å². The number of nitrogens with one attached hydrogen (secondary N) is 1.